The molecule has 10 rings (SSSR count). The Morgan fingerprint density at radius 3 is 1.33 bits per heavy atom. The van der Waals surface area contributed by atoms with Crippen LogP contribution in [0.4, 0.5) is 0 Å². The van der Waals surface area contributed by atoms with Crippen LogP contribution in [0, 0.1) is 0 Å². The van der Waals surface area contributed by atoms with Crippen molar-refractivity contribution in [3.8, 4) is 67.4 Å². The van der Waals surface area contributed by atoms with Crippen LogP contribution < -0.4 is 0 Å². The quantitative estimate of drug-likeness (QED) is 0.166. The Labute approximate surface area is 321 Å². The summed E-state index contributed by atoms with van der Waals surface area (Å²) in [4.78, 5) is 14.8. The van der Waals surface area contributed by atoms with Gasteiger partial charge < -0.3 is 0 Å². The van der Waals surface area contributed by atoms with Crippen molar-refractivity contribution < 1.29 is 0 Å². The Kier molecular flexibility index (Phi) is 8.04. The minimum atomic E-state index is -0.531. The Hall–Kier alpha value is -7.23. The average Bonchev–Trinajstić information content (AvgIpc) is 3.57. The zero-order valence-electron chi connectivity index (χ0n) is 30.0. The molecule has 258 valence electrons. The molecule has 3 nitrogen and oxygen atoms in total. The third kappa shape index (κ3) is 5.65. The van der Waals surface area contributed by atoms with Gasteiger partial charge in [0.05, 0.1) is 22.5 Å². The van der Waals surface area contributed by atoms with Crippen molar-refractivity contribution in [3.63, 3.8) is 0 Å². The molecule has 0 aliphatic heterocycles. The second-order valence-corrected chi connectivity index (χ2v) is 14.0. The average molecular weight is 702 g/mol. The van der Waals surface area contributed by atoms with Crippen LogP contribution in [-0.4, -0.2) is 15.0 Å². The summed E-state index contributed by atoms with van der Waals surface area (Å²) in [5.41, 5.74) is 16.2. The van der Waals surface area contributed by atoms with E-state index in [-0.39, 0.29) is 0 Å². The summed E-state index contributed by atoms with van der Waals surface area (Å²) >= 11 is 0. The molecule has 0 saturated heterocycles. The molecule has 0 saturated carbocycles. The van der Waals surface area contributed by atoms with Gasteiger partial charge in [-0.25, -0.2) is 9.97 Å². The highest BCUT2D eigenvalue weighted by atomic mass is 14.9. The summed E-state index contributed by atoms with van der Waals surface area (Å²) in [5.74, 6) is 0.712. The van der Waals surface area contributed by atoms with E-state index < -0.39 is 5.41 Å². The number of pyridine rings is 1. The molecule has 55 heavy (non-hydrogen) atoms. The van der Waals surface area contributed by atoms with E-state index >= 15 is 0 Å². The van der Waals surface area contributed by atoms with Gasteiger partial charge >= 0.3 is 0 Å². The fourth-order valence-corrected chi connectivity index (χ4v) is 8.26. The van der Waals surface area contributed by atoms with Crippen LogP contribution in [0.2, 0.25) is 0 Å². The largest absolute Gasteiger partial charge is 0.256 e. The molecule has 0 amide bonds. The third-order valence-electron chi connectivity index (χ3n) is 10.9. The van der Waals surface area contributed by atoms with Crippen molar-refractivity contribution in [3.05, 3.63) is 235 Å². The number of fused-ring (bicyclic) bond motifs is 3. The van der Waals surface area contributed by atoms with Crippen molar-refractivity contribution in [1.82, 2.24) is 15.0 Å². The maximum Gasteiger partial charge on any atom is 0.160 e. The van der Waals surface area contributed by atoms with Crippen molar-refractivity contribution >= 4 is 0 Å². The lowest BCUT2D eigenvalue weighted by atomic mass is 9.67. The van der Waals surface area contributed by atoms with Crippen molar-refractivity contribution in [2.75, 3.05) is 0 Å². The van der Waals surface area contributed by atoms with Crippen molar-refractivity contribution in [2.45, 2.75) is 5.41 Å². The molecule has 1 aliphatic rings. The molecule has 2 heterocycles. The fourth-order valence-electron chi connectivity index (χ4n) is 8.26. The Morgan fingerprint density at radius 2 is 0.764 bits per heavy atom. The molecule has 1 aliphatic carbocycles. The lowest BCUT2D eigenvalue weighted by molar-refractivity contribution is 0.769. The van der Waals surface area contributed by atoms with Gasteiger partial charge in [-0.2, -0.15) is 0 Å². The van der Waals surface area contributed by atoms with Gasteiger partial charge in [0.2, 0.25) is 0 Å². The van der Waals surface area contributed by atoms with E-state index in [1.54, 1.807) is 0 Å². The number of hydrogen-bond donors (Lipinski definition) is 0. The molecular weight excluding hydrogens is 667 g/mol. The van der Waals surface area contributed by atoms with E-state index in [2.05, 4.69) is 164 Å². The second kappa shape index (κ2) is 13.6. The van der Waals surface area contributed by atoms with Gasteiger partial charge in [0.1, 0.15) is 0 Å². The topological polar surface area (TPSA) is 38.7 Å². The fraction of sp³-hybridized carbons (Fsp3) is 0.0192. The third-order valence-corrected chi connectivity index (χ3v) is 10.9. The summed E-state index contributed by atoms with van der Waals surface area (Å²) < 4.78 is 0. The summed E-state index contributed by atoms with van der Waals surface area (Å²) in [7, 11) is 0. The van der Waals surface area contributed by atoms with Gasteiger partial charge in [-0.1, -0.05) is 176 Å². The first-order chi connectivity index (χ1) is 27.3. The molecular formula is C52H35N3. The summed E-state index contributed by atoms with van der Waals surface area (Å²) in [6.07, 6.45) is 1.87. The standard InChI is InChI=1S/C52H35N3/c1-5-15-37(16-6-1)49-35-50(55-51(54-49)39-17-7-2-8-18-39)38-26-24-36(25-27-38)40-28-30-44-45-31-29-41(48-23-13-14-32-53-48)34-47(45)52(46(44)33-40,42-19-9-3-10-20-42)43-21-11-4-12-22-43/h1-35H. The Balaban J connectivity index is 1.11. The zero-order valence-corrected chi connectivity index (χ0v) is 30.0. The van der Waals surface area contributed by atoms with Crippen molar-refractivity contribution in [2.24, 2.45) is 0 Å². The molecule has 0 fully saturated rings. The lowest BCUT2D eigenvalue weighted by Crippen LogP contribution is -2.28. The minimum Gasteiger partial charge on any atom is -0.256 e. The van der Waals surface area contributed by atoms with Crippen LogP contribution in [0.25, 0.3) is 67.4 Å². The highest BCUT2D eigenvalue weighted by Crippen LogP contribution is 2.57. The first kappa shape index (κ1) is 32.4. The maximum atomic E-state index is 5.07. The number of hydrogen-bond acceptors (Lipinski definition) is 3. The van der Waals surface area contributed by atoms with Crippen LogP contribution in [-0.2, 0) is 5.41 Å². The highest BCUT2D eigenvalue weighted by molar-refractivity contribution is 5.90. The van der Waals surface area contributed by atoms with Gasteiger partial charge in [-0.3, -0.25) is 4.98 Å². The molecule has 0 N–H and O–H groups in total. The molecule has 0 spiro atoms. The monoisotopic (exact) mass is 701 g/mol. The molecule has 3 heteroatoms. The number of nitrogens with zero attached hydrogens (tertiary/aromatic N) is 3. The van der Waals surface area contributed by atoms with E-state index in [0.29, 0.717) is 5.82 Å². The second-order valence-electron chi connectivity index (χ2n) is 14.0. The zero-order chi connectivity index (χ0) is 36.6. The van der Waals surface area contributed by atoms with E-state index in [1.807, 2.05) is 48.7 Å². The summed E-state index contributed by atoms with van der Waals surface area (Å²) in [6, 6.07) is 73.3. The number of benzene rings is 7. The summed E-state index contributed by atoms with van der Waals surface area (Å²) in [6.45, 7) is 0. The molecule has 0 atom stereocenters. The lowest BCUT2D eigenvalue weighted by Gasteiger charge is -2.34. The van der Waals surface area contributed by atoms with Crippen LogP contribution in [0.5, 0.6) is 0 Å². The van der Waals surface area contributed by atoms with E-state index in [1.165, 1.54) is 33.4 Å². The number of aromatic nitrogens is 3. The van der Waals surface area contributed by atoms with Crippen molar-refractivity contribution in [1.29, 1.82) is 0 Å². The predicted octanol–water partition coefficient (Wildman–Crippen LogP) is 12.6. The summed E-state index contributed by atoms with van der Waals surface area (Å²) in [5, 5.41) is 0. The molecule has 9 aromatic rings. The molecule has 2 aromatic heterocycles. The van der Waals surface area contributed by atoms with Gasteiger partial charge in [0.15, 0.2) is 5.82 Å². The van der Waals surface area contributed by atoms with E-state index in [4.69, 9.17) is 15.0 Å². The molecule has 0 bridgehead atoms. The Bertz CT molecular complexity index is 2670. The molecule has 7 aromatic carbocycles. The smallest absolute Gasteiger partial charge is 0.160 e. The predicted molar refractivity (Wildman–Crippen MR) is 224 cm³/mol. The van der Waals surface area contributed by atoms with Gasteiger partial charge in [-0.15, -0.1) is 0 Å². The first-order valence-electron chi connectivity index (χ1n) is 18.7. The number of rotatable bonds is 7. The molecule has 0 radical (unpaired) electrons. The SMILES string of the molecule is c1ccc(-c2cc(-c3ccc(-c4ccc5c(c4)C(c4ccccc4)(c4ccccc4)c4cc(-c6ccccn6)ccc4-5)cc3)nc(-c3ccccc3)n2)cc1. The highest BCUT2D eigenvalue weighted by Gasteiger charge is 2.46. The van der Waals surface area contributed by atoms with Crippen LogP contribution in [0.15, 0.2) is 212 Å². The van der Waals surface area contributed by atoms with Crippen LogP contribution >= 0.6 is 0 Å². The maximum absolute atomic E-state index is 5.07. The minimum absolute atomic E-state index is 0.531. The van der Waals surface area contributed by atoms with Gasteiger partial charge in [0, 0.05) is 28.5 Å². The van der Waals surface area contributed by atoms with Gasteiger partial charge in [0.25, 0.3) is 0 Å². The van der Waals surface area contributed by atoms with E-state index in [0.717, 1.165) is 50.5 Å². The van der Waals surface area contributed by atoms with Gasteiger partial charge in [-0.05, 0) is 74.8 Å². The molecule has 0 unspecified atom stereocenters. The first-order valence-corrected chi connectivity index (χ1v) is 18.7. The normalized spacial score (nSPS) is 12.5. The van der Waals surface area contributed by atoms with E-state index in [9.17, 15) is 0 Å². The van der Waals surface area contributed by atoms with Crippen LogP contribution in [0.3, 0.4) is 0 Å². The Morgan fingerprint density at radius 1 is 0.309 bits per heavy atom. The van der Waals surface area contributed by atoms with Crippen LogP contribution in [0.1, 0.15) is 22.3 Å².